The molecule has 0 saturated carbocycles. The van der Waals surface area contributed by atoms with E-state index in [0.29, 0.717) is 5.66 Å². The first-order valence-electron chi connectivity index (χ1n) is 12.1. The minimum absolute atomic E-state index is 0.403. The van der Waals surface area contributed by atoms with E-state index in [4.69, 9.17) is 4.98 Å². The summed E-state index contributed by atoms with van der Waals surface area (Å²) in [5.74, 6) is 0. The number of hydrogen-bond donors (Lipinski definition) is 0. The molecule has 4 aromatic rings. The van der Waals surface area contributed by atoms with Crippen molar-refractivity contribution < 1.29 is 0 Å². The Morgan fingerprint density at radius 1 is 0.697 bits per heavy atom. The van der Waals surface area contributed by atoms with Crippen LogP contribution in [-0.4, -0.2) is 10.6 Å². The molecule has 1 nitrogen and oxygen atoms in total. The van der Waals surface area contributed by atoms with Crippen LogP contribution in [0.5, 0.6) is 0 Å². The third-order valence-corrected chi connectivity index (χ3v) is 9.86. The van der Waals surface area contributed by atoms with Gasteiger partial charge >= 0.3 is 0 Å². The molecule has 162 valence electrons. The average Bonchev–Trinajstić information content (AvgIpc) is 2.90. The molecule has 0 spiro atoms. The van der Waals surface area contributed by atoms with E-state index in [1.807, 2.05) is 0 Å². The first kappa shape index (κ1) is 20.6. The van der Waals surface area contributed by atoms with Crippen LogP contribution < -0.4 is 21.0 Å². The second kappa shape index (κ2) is 9.08. The number of pyridine rings is 1. The van der Waals surface area contributed by atoms with Crippen LogP contribution in [0.1, 0.15) is 36.1 Å². The molecule has 2 heteroatoms. The highest BCUT2D eigenvalue weighted by atomic mass is 31.1. The van der Waals surface area contributed by atoms with Crippen LogP contribution in [0.15, 0.2) is 97.2 Å². The van der Waals surface area contributed by atoms with E-state index in [0.717, 1.165) is 12.8 Å². The summed E-state index contributed by atoms with van der Waals surface area (Å²) < 4.78 is 0. The van der Waals surface area contributed by atoms with Crippen molar-refractivity contribution in [3.8, 4) is 0 Å². The Balaban J connectivity index is 1.63. The molecule has 0 aliphatic heterocycles. The number of nitrogens with zero attached hydrogens (tertiary/aromatic N) is 1. The Kier molecular flexibility index (Phi) is 5.66. The van der Waals surface area contributed by atoms with Gasteiger partial charge < -0.3 is 0 Å². The van der Waals surface area contributed by atoms with Crippen LogP contribution in [0.25, 0.3) is 11.6 Å². The molecule has 0 amide bonds. The number of benzene rings is 3. The third-order valence-electron chi connectivity index (χ3n) is 7.06. The topological polar surface area (TPSA) is 12.9 Å². The minimum atomic E-state index is -0.578. The summed E-state index contributed by atoms with van der Waals surface area (Å²) in [4.78, 5) is 5.09. The van der Waals surface area contributed by atoms with Crippen molar-refractivity contribution in [1.82, 2.24) is 4.98 Å². The van der Waals surface area contributed by atoms with Gasteiger partial charge in [-0.3, -0.25) is 4.98 Å². The molecule has 3 aromatic carbocycles. The van der Waals surface area contributed by atoms with Gasteiger partial charge in [0.1, 0.15) is 0 Å². The Morgan fingerprint density at radius 3 is 2.12 bits per heavy atom. The van der Waals surface area contributed by atoms with Gasteiger partial charge in [0.25, 0.3) is 0 Å². The standard InChI is InChI=1S/C31H28NP/c1-3-13-25(14-4-1)33(26-15-5-2-6-16-26)29-20-19-23-11-7-9-17-27(23)30(29)31-28-18-10-8-12-24(28)21-22-32-31/h1-7,9,11,13-17,19,21-22,29H,8,10,12,18,20H2/t29-/m0/s1. The van der Waals surface area contributed by atoms with E-state index in [1.165, 1.54) is 62.7 Å². The molecule has 0 saturated heterocycles. The molecule has 0 fully saturated rings. The van der Waals surface area contributed by atoms with Crippen molar-refractivity contribution in [2.75, 3.05) is 0 Å². The highest BCUT2D eigenvalue weighted by Gasteiger charge is 2.32. The molecular weight excluding hydrogens is 417 g/mol. The molecular formula is C31H28NP. The monoisotopic (exact) mass is 445 g/mol. The van der Waals surface area contributed by atoms with Crippen LogP contribution in [0.3, 0.4) is 0 Å². The maximum absolute atomic E-state index is 5.09. The van der Waals surface area contributed by atoms with E-state index < -0.39 is 7.92 Å². The van der Waals surface area contributed by atoms with Gasteiger partial charge in [-0.15, -0.1) is 0 Å². The number of hydrogen-bond acceptors (Lipinski definition) is 1. The highest BCUT2D eigenvalue weighted by Crippen LogP contribution is 2.48. The number of aromatic nitrogens is 1. The van der Waals surface area contributed by atoms with Crippen molar-refractivity contribution in [3.05, 3.63) is 124 Å². The van der Waals surface area contributed by atoms with Crippen molar-refractivity contribution in [2.45, 2.75) is 37.8 Å². The molecule has 0 N–H and O–H groups in total. The van der Waals surface area contributed by atoms with E-state index in [1.54, 1.807) is 0 Å². The fourth-order valence-electron chi connectivity index (χ4n) is 5.56. The quantitative estimate of drug-likeness (QED) is 0.410. The molecule has 2 aliphatic carbocycles. The molecule has 0 radical (unpaired) electrons. The zero-order chi connectivity index (χ0) is 22.0. The smallest absolute Gasteiger partial charge is 0.0709 e. The van der Waals surface area contributed by atoms with Crippen LogP contribution in [-0.2, 0) is 12.8 Å². The zero-order valence-electron chi connectivity index (χ0n) is 18.8. The molecule has 33 heavy (non-hydrogen) atoms. The number of aryl methyl sites for hydroxylation is 1. The van der Waals surface area contributed by atoms with Crippen LogP contribution >= 0.6 is 7.92 Å². The normalized spacial score (nSPS) is 17.2. The van der Waals surface area contributed by atoms with Gasteiger partial charge in [-0.2, -0.15) is 0 Å². The van der Waals surface area contributed by atoms with Gasteiger partial charge in [-0.1, -0.05) is 91.0 Å². The second-order valence-electron chi connectivity index (χ2n) is 9.00. The predicted octanol–water partition coefficient (Wildman–Crippen LogP) is 4.85. The molecule has 0 unspecified atom stereocenters. The van der Waals surface area contributed by atoms with Gasteiger partial charge in [0.2, 0.25) is 0 Å². The number of fused-ring (bicyclic) bond motifs is 2. The fourth-order valence-corrected chi connectivity index (χ4v) is 8.40. The first-order chi connectivity index (χ1) is 16.4. The maximum Gasteiger partial charge on any atom is 0.0709 e. The summed E-state index contributed by atoms with van der Waals surface area (Å²) in [5.41, 5.74) is 6.13. The Hall–Kier alpha value is -3.02. The minimum Gasteiger partial charge on any atom is -0.256 e. The van der Waals surface area contributed by atoms with Gasteiger partial charge in [-0.05, 0) is 83.8 Å². The lowest BCUT2D eigenvalue weighted by Gasteiger charge is -2.33. The van der Waals surface area contributed by atoms with Crippen molar-refractivity contribution >= 4 is 30.2 Å². The Labute approximate surface area is 197 Å². The molecule has 1 heterocycles. The molecule has 1 atom stereocenters. The highest BCUT2D eigenvalue weighted by molar-refractivity contribution is 7.74. The summed E-state index contributed by atoms with van der Waals surface area (Å²) in [7, 11) is -0.578. The van der Waals surface area contributed by atoms with E-state index >= 15 is 0 Å². The van der Waals surface area contributed by atoms with Crippen LogP contribution in [0.2, 0.25) is 0 Å². The van der Waals surface area contributed by atoms with Crippen LogP contribution in [0, 0.1) is 0 Å². The summed E-state index contributed by atoms with van der Waals surface area (Å²) in [6.07, 6.45) is 10.5. The van der Waals surface area contributed by atoms with Crippen molar-refractivity contribution in [2.24, 2.45) is 0 Å². The third kappa shape index (κ3) is 3.85. The lowest BCUT2D eigenvalue weighted by atomic mass is 9.86. The van der Waals surface area contributed by atoms with Gasteiger partial charge in [-0.25, -0.2) is 0 Å². The van der Waals surface area contributed by atoms with E-state index in [9.17, 15) is 0 Å². The van der Waals surface area contributed by atoms with Gasteiger partial charge in [0.05, 0.1) is 5.69 Å². The largest absolute Gasteiger partial charge is 0.256 e. The Bertz CT molecular complexity index is 1350. The van der Waals surface area contributed by atoms with Crippen molar-refractivity contribution in [3.63, 3.8) is 0 Å². The summed E-state index contributed by atoms with van der Waals surface area (Å²) in [6.45, 7) is 0. The molecule has 2 aliphatic rings. The van der Waals surface area contributed by atoms with Gasteiger partial charge in [0, 0.05) is 11.9 Å². The van der Waals surface area contributed by atoms with Crippen molar-refractivity contribution in [1.29, 1.82) is 0 Å². The van der Waals surface area contributed by atoms with E-state index in [-0.39, 0.29) is 0 Å². The summed E-state index contributed by atoms with van der Waals surface area (Å²) >= 11 is 0. The zero-order valence-corrected chi connectivity index (χ0v) is 19.7. The average molecular weight is 446 g/mol. The van der Waals surface area contributed by atoms with Gasteiger partial charge in [0.15, 0.2) is 0 Å². The van der Waals surface area contributed by atoms with E-state index in [2.05, 4.69) is 103 Å². The fraction of sp³-hybridized carbons (Fsp3) is 0.194. The molecule has 6 rings (SSSR count). The second-order valence-corrected chi connectivity index (χ2v) is 11.4. The molecule has 0 bridgehead atoms. The lowest BCUT2D eigenvalue weighted by molar-refractivity contribution is 0.679. The summed E-state index contributed by atoms with van der Waals surface area (Å²) in [5, 5.41) is 5.62. The number of rotatable bonds is 4. The van der Waals surface area contributed by atoms with Crippen LogP contribution in [0.4, 0.5) is 0 Å². The lowest BCUT2D eigenvalue weighted by Crippen LogP contribution is -2.37. The maximum atomic E-state index is 5.09. The molecule has 1 aromatic heterocycles. The SMILES string of the molecule is C1=c2ccccc2=C(c2nccc3c2CCCC3)[C@@H](P(c2ccccc2)c2ccccc2)C1. The first-order valence-corrected chi connectivity index (χ1v) is 13.5. The Morgan fingerprint density at radius 2 is 1.36 bits per heavy atom. The predicted molar refractivity (Wildman–Crippen MR) is 141 cm³/mol. The summed E-state index contributed by atoms with van der Waals surface area (Å²) in [6, 6.07) is 33.5.